The van der Waals surface area contributed by atoms with E-state index in [9.17, 15) is 19.5 Å². The fraction of sp³-hybridized carbons (Fsp3) is 0.500. The molecule has 17 heavy (non-hydrogen) atoms. The first kappa shape index (κ1) is 18.3. The van der Waals surface area contributed by atoms with Gasteiger partial charge in [-0.25, -0.2) is 4.79 Å². The van der Waals surface area contributed by atoms with Crippen molar-refractivity contribution in [2.75, 3.05) is 0 Å². The third-order valence-corrected chi connectivity index (χ3v) is 1.52. The first-order chi connectivity index (χ1) is 7.17. The van der Waals surface area contributed by atoms with Crippen molar-refractivity contribution in [1.29, 1.82) is 0 Å². The van der Waals surface area contributed by atoms with Gasteiger partial charge in [0.05, 0.1) is 12.8 Å². The first-order valence-corrected chi connectivity index (χ1v) is 3.90. The van der Waals surface area contributed by atoms with Gasteiger partial charge in [0.15, 0.2) is 5.60 Å². The molecule has 0 saturated heterocycles. The summed E-state index contributed by atoms with van der Waals surface area (Å²) in [5.41, 5.74) is -2.85. The van der Waals surface area contributed by atoms with Gasteiger partial charge in [0, 0.05) is 0 Å². The second-order valence-corrected chi connectivity index (χ2v) is 2.90. The van der Waals surface area contributed by atoms with E-state index in [1.54, 1.807) is 0 Å². The molecule has 0 fully saturated rings. The van der Waals surface area contributed by atoms with Crippen LogP contribution in [0.1, 0.15) is 12.8 Å². The molecule has 0 aromatic carbocycles. The van der Waals surface area contributed by atoms with Gasteiger partial charge in [-0.05, 0) is 0 Å². The molecule has 0 radical (unpaired) electrons. The Labute approximate surface area is 107 Å². The molecular weight excluding hydrogens is 234 g/mol. The van der Waals surface area contributed by atoms with Crippen LogP contribution in [0.15, 0.2) is 0 Å². The van der Waals surface area contributed by atoms with Crippen molar-refractivity contribution >= 4 is 44.1 Å². The number of aliphatic hydroxyl groups is 1. The zero-order chi connectivity index (χ0) is 12.9. The minimum absolute atomic E-state index is 0. The molecule has 0 aliphatic carbocycles. The Bertz CT molecular complexity index is 306. The molecule has 0 rings (SSSR count). The van der Waals surface area contributed by atoms with Gasteiger partial charge in [0.2, 0.25) is 0 Å². The predicted octanol–water partition coefficient (Wildman–Crippen LogP) is -3.47. The van der Waals surface area contributed by atoms with Crippen LogP contribution in [0.25, 0.3) is 0 Å². The molecule has 0 aliphatic heterocycles. The number of carbonyl (C=O) groups is 3. The maximum absolute atomic E-state index is 10.8. The van der Waals surface area contributed by atoms with Crippen molar-refractivity contribution < 1.29 is 44.4 Å². The molecule has 1 atom stereocenters. The standard InChI is InChI=1S/C6H9BO9.Li.H/c8-3(9)1-6(13,5(11)12)2-4(10)16-7(14)15;;/h13-15H,1-2H2,(H,8,9)(H,11,12);;. The van der Waals surface area contributed by atoms with Crippen LogP contribution in [0, 0.1) is 0 Å². The summed E-state index contributed by atoms with van der Waals surface area (Å²) in [5, 5.41) is 42.5. The summed E-state index contributed by atoms with van der Waals surface area (Å²) in [5.74, 6) is -5.03. The normalized spacial score (nSPS) is 12.9. The quantitative estimate of drug-likeness (QED) is 0.298. The molecule has 9 nitrogen and oxygen atoms in total. The number of hydrogen-bond acceptors (Lipinski definition) is 7. The van der Waals surface area contributed by atoms with E-state index in [1.165, 1.54) is 0 Å². The SMILES string of the molecule is O=C(O)CC(O)(CC(=O)OB(O)O)C(=O)O.[LiH]. The molecule has 11 heteroatoms. The Morgan fingerprint density at radius 3 is 1.88 bits per heavy atom. The van der Waals surface area contributed by atoms with Gasteiger partial charge in [-0.2, -0.15) is 0 Å². The summed E-state index contributed by atoms with van der Waals surface area (Å²) >= 11 is 0. The molecule has 0 amide bonds. The van der Waals surface area contributed by atoms with Crippen molar-refractivity contribution in [3.05, 3.63) is 0 Å². The average molecular weight is 244 g/mol. The summed E-state index contributed by atoms with van der Waals surface area (Å²) in [6, 6.07) is 0. The monoisotopic (exact) mass is 244 g/mol. The van der Waals surface area contributed by atoms with E-state index in [0.29, 0.717) is 0 Å². The third kappa shape index (κ3) is 6.98. The molecule has 0 bridgehead atoms. The number of carboxylic acid groups (broad SMARTS) is 2. The summed E-state index contributed by atoms with van der Waals surface area (Å²) < 4.78 is 3.73. The van der Waals surface area contributed by atoms with Gasteiger partial charge in [-0.15, -0.1) is 0 Å². The molecule has 92 valence electrons. The molecular formula is C6H10BLiO9. The number of rotatable bonds is 6. The number of carboxylic acids is 2. The summed E-state index contributed by atoms with van der Waals surface area (Å²) in [6.45, 7) is 0. The van der Waals surface area contributed by atoms with Gasteiger partial charge < -0.3 is 30.0 Å². The Kier molecular flexibility index (Phi) is 7.88. The van der Waals surface area contributed by atoms with Gasteiger partial charge in [0.25, 0.3) is 5.97 Å². The van der Waals surface area contributed by atoms with Gasteiger partial charge in [-0.3, -0.25) is 9.59 Å². The molecule has 0 saturated carbocycles. The van der Waals surface area contributed by atoms with E-state index in [0.717, 1.165) is 0 Å². The molecule has 0 aromatic rings. The van der Waals surface area contributed by atoms with Crippen LogP contribution in [-0.4, -0.2) is 75.1 Å². The van der Waals surface area contributed by atoms with E-state index in [4.69, 9.17) is 20.3 Å². The van der Waals surface area contributed by atoms with E-state index in [2.05, 4.69) is 4.65 Å². The molecule has 0 aliphatic rings. The van der Waals surface area contributed by atoms with Crippen molar-refractivity contribution in [3.63, 3.8) is 0 Å². The Balaban J connectivity index is 0. The molecule has 0 heterocycles. The fourth-order valence-electron chi connectivity index (χ4n) is 0.862. The van der Waals surface area contributed by atoms with Crippen LogP contribution >= 0.6 is 0 Å². The van der Waals surface area contributed by atoms with Crippen molar-refractivity contribution in [2.24, 2.45) is 0 Å². The summed E-state index contributed by atoms with van der Waals surface area (Å²) in [7, 11) is -2.46. The van der Waals surface area contributed by atoms with E-state index < -0.39 is 43.7 Å². The van der Waals surface area contributed by atoms with Gasteiger partial charge in [-0.1, -0.05) is 0 Å². The molecule has 0 aromatic heterocycles. The molecule has 0 spiro atoms. The summed E-state index contributed by atoms with van der Waals surface area (Å²) in [6.07, 6.45) is -2.44. The maximum atomic E-state index is 10.8. The Morgan fingerprint density at radius 2 is 1.59 bits per heavy atom. The Morgan fingerprint density at radius 1 is 1.12 bits per heavy atom. The number of hydrogen-bond donors (Lipinski definition) is 5. The average Bonchev–Trinajstić information content (AvgIpc) is 1.98. The van der Waals surface area contributed by atoms with Crippen LogP contribution < -0.4 is 0 Å². The van der Waals surface area contributed by atoms with Crippen molar-refractivity contribution in [1.82, 2.24) is 0 Å². The van der Waals surface area contributed by atoms with Crippen LogP contribution in [0.4, 0.5) is 0 Å². The second-order valence-electron chi connectivity index (χ2n) is 2.90. The van der Waals surface area contributed by atoms with E-state index in [1.807, 2.05) is 0 Å². The zero-order valence-corrected chi connectivity index (χ0v) is 7.86. The van der Waals surface area contributed by atoms with Crippen LogP contribution in [0.5, 0.6) is 0 Å². The third-order valence-electron chi connectivity index (χ3n) is 1.52. The van der Waals surface area contributed by atoms with E-state index >= 15 is 0 Å². The van der Waals surface area contributed by atoms with E-state index in [-0.39, 0.29) is 18.9 Å². The first-order valence-electron chi connectivity index (χ1n) is 3.90. The van der Waals surface area contributed by atoms with Crippen LogP contribution in [-0.2, 0) is 19.0 Å². The van der Waals surface area contributed by atoms with Crippen molar-refractivity contribution in [2.45, 2.75) is 18.4 Å². The Hall–Kier alpha value is -1.05. The molecule has 5 N–H and O–H groups in total. The fourth-order valence-corrected chi connectivity index (χ4v) is 0.862. The number of aliphatic carboxylic acids is 2. The van der Waals surface area contributed by atoms with Crippen LogP contribution in [0.2, 0.25) is 0 Å². The van der Waals surface area contributed by atoms with Crippen LogP contribution in [0.3, 0.4) is 0 Å². The minimum atomic E-state index is -2.85. The molecule has 1 unspecified atom stereocenters. The second kappa shape index (κ2) is 7.31. The topological polar surface area (TPSA) is 162 Å². The van der Waals surface area contributed by atoms with Gasteiger partial charge >= 0.3 is 38.1 Å². The van der Waals surface area contributed by atoms with Crippen molar-refractivity contribution in [3.8, 4) is 0 Å². The predicted molar refractivity (Wildman–Crippen MR) is 52.9 cm³/mol. The zero-order valence-electron chi connectivity index (χ0n) is 7.86. The number of carbonyl (C=O) groups excluding carboxylic acids is 1. The van der Waals surface area contributed by atoms with Gasteiger partial charge in [0.1, 0.15) is 0 Å². The summed E-state index contributed by atoms with van der Waals surface area (Å²) in [4.78, 5) is 31.6.